The van der Waals surface area contributed by atoms with Crippen LogP contribution in [0.15, 0.2) is 0 Å². The van der Waals surface area contributed by atoms with E-state index in [2.05, 4.69) is 0 Å². The summed E-state index contributed by atoms with van der Waals surface area (Å²) in [6.45, 7) is 6.00. The molecule has 1 heterocycles. The Morgan fingerprint density at radius 2 is 1.44 bits per heavy atom. The average molecular weight is 122 g/mol. The third-order valence-electron chi connectivity index (χ3n) is 0.827. The third-order valence-corrected chi connectivity index (χ3v) is 0.827. The average Bonchev–Trinajstić information content (AvgIpc) is 2.17. The van der Waals surface area contributed by atoms with Crippen LogP contribution < -0.4 is 18.9 Å². The molecule has 0 aromatic rings. The summed E-state index contributed by atoms with van der Waals surface area (Å²) in [4.78, 5) is 0. The normalized spacial score (nSPS) is 15.3. The Bertz CT molecular complexity index is 28.3. The second-order valence-corrected chi connectivity index (χ2v) is 1.90. The van der Waals surface area contributed by atoms with Crippen molar-refractivity contribution in [2.75, 3.05) is 13.2 Å². The van der Waals surface area contributed by atoms with Gasteiger partial charge in [-0.2, -0.15) is 13.8 Å². The molecule has 1 aliphatic heterocycles. The van der Waals surface area contributed by atoms with E-state index in [4.69, 9.17) is 4.74 Å². The van der Waals surface area contributed by atoms with E-state index in [1.54, 1.807) is 0 Å². The first kappa shape index (κ1) is 12.3. The van der Waals surface area contributed by atoms with Gasteiger partial charge in [0.05, 0.1) is 0 Å². The minimum Gasteiger partial charge on any atom is -0.381 e. The van der Waals surface area contributed by atoms with Crippen LogP contribution in [-0.4, -0.2) is 13.2 Å². The van der Waals surface area contributed by atoms with Crippen molar-refractivity contribution < 1.29 is 23.6 Å². The predicted octanol–water partition coefficient (Wildman–Crippen LogP) is -0.969. The fourth-order valence-corrected chi connectivity index (χ4v) is 0.510. The Hall–Kier alpha value is 0.557. The van der Waals surface area contributed by atoms with Crippen molar-refractivity contribution in [2.24, 2.45) is 0 Å². The molecular weight excluding hydrogens is 107 g/mol. The summed E-state index contributed by atoms with van der Waals surface area (Å²) in [6, 6.07) is 0. The van der Waals surface area contributed by atoms with Gasteiger partial charge >= 0.3 is 18.9 Å². The second-order valence-electron chi connectivity index (χ2n) is 1.90. The minimum absolute atomic E-state index is 0. The molecule has 0 aliphatic carbocycles. The van der Waals surface area contributed by atoms with Gasteiger partial charge in [0.2, 0.25) is 0 Å². The Morgan fingerprint density at radius 1 is 1.11 bits per heavy atom. The fourth-order valence-electron chi connectivity index (χ4n) is 0.510. The summed E-state index contributed by atoms with van der Waals surface area (Å²) < 4.78 is 4.94. The Labute approximate surface area is 70.3 Å². The van der Waals surface area contributed by atoms with Gasteiger partial charge in [-0.05, 0) is 12.8 Å². The molecule has 9 heavy (non-hydrogen) atoms. The SMILES string of the molecule is C1CCOC1.C[CH-]C.[Li+]. The van der Waals surface area contributed by atoms with Gasteiger partial charge in [-0.1, -0.05) is 0 Å². The predicted molar refractivity (Wildman–Crippen MR) is 35.7 cm³/mol. The van der Waals surface area contributed by atoms with Crippen LogP contribution in [0, 0.1) is 6.42 Å². The smallest absolute Gasteiger partial charge is 0.381 e. The minimum atomic E-state index is 0. The van der Waals surface area contributed by atoms with E-state index in [0.717, 1.165) is 13.2 Å². The van der Waals surface area contributed by atoms with Gasteiger partial charge < -0.3 is 11.2 Å². The van der Waals surface area contributed by atoms with Crippen molar-refractivity contribution in [2.45, 2.75) is 26.7 Å². The summed E-state index contributed by atoms with van der Waals surface area (Å²) in [5, 5.41) is 0. The summed E-state index contributed by atoms with van der Waals surface area (Å²) >= 11 is 0. The summed E-state index contributed by atoms with van der Waals surface area (Å²) in [7, 11) is 0. The quantitative estimate of drug-likeness (QED) is 0.297. The molecule has 1 fully saturated rings. The molecule has 0 saturated carbocycles. The van der Waals surface area contributed by atoms with E-state index in [9.17, 15) is 0 Å². The summed E-state index contributed by atoms with van der Waals surface area (Å²) in [6.07, 6.45) is 4.56. The van der Waals surface area contributed by atoms with Gasteiger partial charge in [-0.15, -0.1) is 0 Å². The van der Waals surface area contributed by atoms with E-state index >= 15 is 0 Å². The van der Waals surface area contributed by atoms with Crippen LogP contribution in [0.1, 0.15) is 26.7 Å². The Morgan fingerprint density at radius 3 is 1.56 bits per heavy atom. The fraction of sp³-hybridized carbons (Fsp3) is 0.857. The number of ether oxygens (including phenoxy) is 1. The van der Waals surface area contributed by atoms with E-state index in [1.165, 1.54) is 12.8 Å². The Balaban J connectivity index is 0. The van der Waals surface area contributed by atoms with Crippen molar-refractivity contribution >= 4 is 0 Å². The van der Waals surface area contributed by atoms with Gasteiger partial charge in [-0.25, -0.2) is 0 Å². The zero-order valence-corrected chi connectivity index (χ0v) is 6.81. The molecule has 0 radical (unpaired) electrons. The Kier molecular flexibility index (Phi) is 15.5. The van der Waals surface area contributed by atoms with Crippen molar-refractivity contribution in [3.05, 3.63) is 6.42 Å². The third kappa shape index (κ3) is 11.9. The van der Waals surface area contributed by atoms with Crippen molar-refractivity contribution in [1.82, 2.24) is 0 Å². The molecule has 0 aromatic carbocycles. The molecule has 1 saturated heterocycles. The number of hydrogen-bond acceptors (Lipinski definition) is 1. The maximum absolute atomic E-state index is 4.94. The molecule has 1 nitrogen and oxygen atoms in total. The van der Waals surface area contributed by atoms with Gasteiger partial charge in [0.1, 0.15) is 0 Å². The van der Waals surface area contributed by atoms with E-state index in [-0.39, 0.29) is 18.9 Å². The first-order valence-electron chi connectivity index (χ1n) is 3.23. The molecule has 0 bridgehead atoms. The number of rotatable bonds is 0. The van der Waals surface area contributed by atoms with Crippen LogP contribution >= 0.6 is 0 Å². The van der Waals surface area contributed by atoms with E-state index in [1.807, 2.05) is 20.3 Å². The topological polar surface area (TPSA) is 9.23 Å². The van der Waals surface area contributed by atoms with Crippen LogP contribution in [0.25, 0.3) is 0 Å². The molecule has 0 N–H and O–H groups in total. The maximum atomic E-state index is 4.94. The van der Waals surface area contributed by atoms with Crippen LogP contribution in [0.3, 0.4) is 0 Å². The summed E-state index contributed by atoms with van der Waals surface area (Å²) in [5.41, 5.74) is 0. The molecule has 0 amide bonds. The zero-order valence-electron chi connectivity index (χ0n) is 6.81. The van der Waals surface area contributed by atoms with Crippen molar-refractivity contribution in [3.8, 4) is 0 Å². The maximum Gasteiger partial charge on any atom is 1.00 e. The molecule has 0 atom stereocenters. The number of hydrogen-bond donors (Lipinski definition) is 0. The molecular formula is C7H15LiO. The summed E-state index contributed by atoms with van der Waals surface area (Å²) in [5.74, 6) is 0. The van der Waals surface area contributed by atoms with Gasteiger partial charge in [0.25, 0.3) is 0 Å². The molecule has 1 rings (SSSR count). The van der Waals surface area contributed by atoms with E-state index < -0.39 is 0 Å². The monoisotopic (exact) mass is 122 g/mol. The first-order chi connectivity index (χ1) is 3.91. The largest absolute Gasteiger partial charge is 1.00 e. The van der Waals surface area contributed by atoms with Crippen LogP contribution in [-0.2, 0) is 4.74 Å². The van der Waals surface area contributed by atoms with Gasteiger partial charge in [-0.3, -0.25) is 0 Å². The van der Waals surface area contributed by atoms with Crippen molar-refractivity contribution in [1.29, 1.82) is 0 Å². The molecule has 50 valence electrons. The molecule has 0 aromatic heterocycles. The zero-order chi connectivity index (χ0) is 6.24. The standard InChI is InChI=1S/C4H8O.C3H7.Li/c1-2-4-5-3-1;1-3-2;/h1-4H2;3H,1-2H3;/q;-1;+1. The molecule has 0 spiro atoms. The first-order valence-corrected chi connectivity index (χ1v) is 3.23. The molecule has 2 heteroatoms. The van der Waals surface area contributed by atoms with Crippen LogP contribution in [0.2, 0.25) is 0 Å². The van der Waals surface area contributed by atoms with Crippen molar-refractivity contribution in [3.63, 3.8) is 0 Å². The van der Waals surface area contributed by atoms with Gasteiger partial charge in [0.15, 0.2) is 0 Å². The molecule has 1 aliphatic rings. The van der Waals surface area contributed by atoms with Gasteiger partial charge in [0, 0.05) is 13.2 Å². The van der Waals surface area contributed by atoms with Crippen LogP contribution in [0.4, 0.5) is 0 Å². The van der Waals surface area contributed by atoms with Crippen LogP contribution in [0.5, 0.6) is 0 Å². The van der Waals surface area contributed by atoms with E-state index in [0.29, 0.717) is 0 Å². The second kappa shape index (κ2) is 11.4. The molecule has 0 unspecified atom stereocenters.